The monoisotopic (exact) mass is 340 g/mol. The van der Waals surface area contributed by atoms with E-state index in [1.807, 2.05) is 0 Å². The highest BCUT2D eigenvalue weighted by Gasteiger charge is 2.18. The molecule has 7 heteroatoms. The van der Waals surface area contributed by atoms with E-state index in [2.05, 4.69) is 20.7 Å². The first kappa shape index (κ1) is 15.8. The number of hydrogen-bond donors (Lipinski definition) is 0. The van der Waals surface area contributed by atoms with Crippen molar-refractivity contribution in [2.75, 3.05) is 6.61 Å². The molecule has 0 aliphatic heterocycles. The molecule has 0 spiro atoms. The number of rotatable bonds is 6. The van der Waals surface area contributed by atoms with Crippen LogP contribution >= 0.6 is 15.9 Å². The Morgan fingerprint density at radius 1 is 1.37 bits per heavy atom. The second kappa shape index (κ2) is 7.37. The number of carbonyl (C=O) groups is 1. The molecule has 0 unspecified atom stereocenters. The summed E-state index contributed by atoms with van der Waals surface area (Å²) in [4.78, 5) is 11.4. The summed E-state index contributed by atoms with van der Waals surface area (Å²) in [6.45, 7) is -1.28. The summed E-state index contributed by atoms with van der Waals surface area (Å²) >= 11 is 3.06. The number of esters is 1. The molecule has 106 valence electrons. The van der Waals surface area contributed by atoms with E-state index < -0.39 is 18.4 Å². The predicted octanol–water partition coefficient (Wildman–Crippen LogP) is 3.43. The Labute approximate surface area is 116 Å². The minimum atomic E-state index is -3.05. The zero-order chi connectivity index (χ0) is 14.4. The summed E-state index contributed by atoms with van der Waals surface area (Å²) in [5.41, 5.74) is 0.243. The molecule has 0 amide bonds. The summed E-state index contributed by atoms with van der Waals surface area (Å²) in [7, 11) is 0. The smallest absolute Gasteiger partial charge is 0.387 e. The van der Waals surface area contributed by atoms with Crippen LogP contribution in [0.1, 0.15) is 18.1 Å². The van der Waals surface area contributed by atoms with Gasteiger partial charge < -0.3 is 9.47 Å². The van der Waals surface area contributed by atoms with E-state index in [1.54, 1.807) is 6.92 Å². The van der Waals surface area contributed by atoms with E-state index >= 15 is 0 Å². The lowest BCUT2D eigenvalue weighted by Crippen LogP contribution is -2.12. The first-order valence-corrected chi connectivity index (χ1v) is 6.57. The van der Waals surface area contributed by atoms with Gasteiger partial charge in [-0.05, 0) is 19.1 Å². The van der Waals surface area contributed by atoms with Crippen LogP contribution in [-0.2, 0) is 21.3 Å². The van der Waals surface area contributed by atoms with Crippen molar-refractivity contribution in [3.8, 4) is 5.75 Å². The average Bonchev–Trinajstić information content (AvgIpc) is 2.31. The number of benzene rings is 1. The highest BCUT2D eigenvalue weighted by atomic mass is 79.9. The lowest BCUT2D eigenvalue weighted by atomic mass is 10.1. The molecule has 0 atom stereocenters. The van der Waals surface area contributed by atoms with Crippen LogP contribution in [0.25, 0.3) is 0 Å². The van der Waals surface area contributed by atoms with Gasteiger partial charge in [-0.2, -0.15) is 8.78 Å². The van der Waals surface area contributed by atoms with Crippen molar-refractivity contribution < 1.29 is 27.4 Å². The molecule has 1 aromatic rings. The van der Waals surface area contributed by atoms with E-state index in [9.17, 15) is 18.0 Å². The zero-order valence-corrected chi connectivity index (χ0v) is 11.7. The Hall–Kier alpha value is -1.24. The maximum absolute atomic E-state index is 13.4. The molecule has 0 aliphatic carbocycles. The van der Waals surface area contributed by atoms with E-state index in [0.717, 1.165) is 12.1 Å². The van der Waals surface area contributed by atoms with Gasteiger partial charge in [0.05, 0.1) is 13.0 Å². The molecule has 0 heterocycles. The Morgan fingerprint density at radius 3 is 2.53 bits per heavy atom. The molecule has 0 aromatic heterocycles. The molecule has 0 saturated heterocycles. The fourth-order valence-electron chi connectivity index (χ4n) is 1.55. The van der Waals surface area contributed by atoms with Crippen molar-refractivity contribution in [2.24, 2.45) is 0 Å². The Balaban J connectivity index is 3.11. The van der Waals surface area contributed by atoms with Crippen LogP contribution in [0.2, 0.25) is 0 Å². The van der Waals surface area contributed by atoms with E-state index in [1.165, 1.54) is 0 Å². The summed E-state index contributed by atoms with van der Waals surface area (Å²) in [5.74, 6) is -1.45. The Kier molecular flexibility index (Phi) is 6.14. The fourth-order valence-corrected chi connectivity index (χ4v) is 1.97. The summed E-state index contributed by atoms with van der Waals surface area (Å²) in [6, 6.07) is 2.06. The topological polar surface area (TPSA) is 35.5 Å². The van der Waals surface area contributed by atoms with Crippen molar-refractivity contribution in [3.05, 3.63) is 29.1 Å². The standard InChI is InChI=1S/C12H12BrF3O3/c1-2-18-10(17)5-7-3-9(14)4-8(6-13)11(7)19-12(15)16/h3-4,12H,2,5-6H2,1H3. The molecular formula is C12H12BrF3O3. The van der Waals surface area contributed by atoms with E-state index in [-0.39, 0.29) is 35.2 Å². The summed E-state index contributed by atoms with van der Waals surface area (Å²) in [5, 5.41) is 0.128. The van der Waals surface area contributed by atoms with Crippen LogP contribution in [0.4, 0.5) is 13.2 Å². The van der Waals surface area contributed by atoms with E-state index in [4.69, 9.17) is 4.74 Å². The molecule has 0 saturated carbocycles. The molecule has 0 radical (unpaired) electrons. The molecular weight excluding hydrogens is 329 g/mol. The predicted molar refractivity (Wildman–Crippen MR) is 66.0 cm³/mol. The first-order valence-electron chi connectivity index (χ1n) is 5.45. The van der Waals surface area contributed by atoms with Crippen LogP contribution in [0.3, 0.4) is 0 Å². The third-order valence-corrected chi connectivity index (χ3v) is 2.80. The van der Waals surface area contributed by atoms with Gasteiger partial charge in [0.15, 0.2) is 0 Å². The second-order valence-corrected chi connectivity index (χ2v) is 4.11. The highest BCUT2D eigenvalue weighted by molar-refractivity contribution is 9.08. The van der Waals surface area contributed by atoms with Crippen LogP contribution in [0.5, 0.6) is 5.75 Å². The zero-order valence-electron chi connectivity index (χ0n) is 10.1. The van der Waals surface area contributed by atoms with Gasteiger partial charge in [-0.15, -0.1) is 0 Å². The van der Waals surface area contributed by atoms with Crippen LogP contribution in [0, 0.1) is 5.82 Å². The van der Waals surface area contributed by atoms with Gasteiger partial charge >= 0.3 is 12.6 Å². The molecule has 3 nitrogen and oxygen atoms in total. The third kappa shape index (κ3) is 4.74. The van der Waals surface area contributed by atoms with Gasteiger partial charge in [-0.1, -0.05) is 15.9 Å². The summed E-state index contributed by atoms with van der Waals surface area (Å²) < 4.78 is 47.1. The quantitative estimate of drug-likeness (QED) is 0.588. The van der Waals surface area contributed by atoms with Crippen LogP contribution in [0.15, 0.2) is 12.1 Å². The molecule has 0 aliphatic rings. The number of alkyl halides is 3. The Morgan fingerprint density at radius 2 is 2.00 bits per heavy atom. The van der Waals surface area contributed by atoms with Crippen molar-refractivity contribution in [1.82, 2.24) is 0 Å². The van der Waals surface area contributed by atoms with Crippen molar-refractivity contribution in [2.45, 2.75) is 25.3 Å². The minimum absolute atomic E-state index is 0.0354. The van der Waals surface area contributed by atoms with Gasteiger partial charge in [0, 0.05) is 16.5 Å². The van der Waals surface area contributed by atoms with Crippen molar-refractivity contribution in [3.63, 3.8) is 0 Å². The normalized spacial score (nSPS) is 10.6. The van der Waals surface area contributed by atoms with E-state index in [0.29, 0.717) is 0 Å². The van der Waals surface area contributed by atoms with Gasteiger partial charge in [0.25, 0.3) is 0 Å². The fraction of sp³-hybridized carbons (Fsp3) is 0.417. The second-order valence-electron chi connectivity index (χ2n) is 3.55. The van der Waals surface area contributed by atoms with Crippen molar-refractivity contribution >= 4 is 21.9 Å². The summed E-state index contributed by atoms with van der Waals surface area (Å²) in [6.07, 6.45) is -0.326. The number of carbonyl (C=O) groups excluding carboxylic acids is 1. The number of ether oxygens (including phenoxy) is 2. The maximum Gasteiger partial charge on any atom is 0.387 e. The average molecular weight is 341 g/mol. The molecule has 0 N–H and O–H groups in total. The first-order chi connectivity index (χ1) is 8.97. The van der Waals surface area contributed by atoms with Crippen LogP contribution in [-0.4, -0.2) is 19.2 Å². The number of hydrogen-bond acceptors (Lipinski definition) is 3. The third-order valence-electron chi connectivity index (χ3n) is 2.20. The SMILES string of the molecule is CCOC(=O)Cc1cc(F)cc(CBr)c1OC(F)F. The van der Waals surface area contributed by atoms with Gasteiger partial charge in [-0.3, -0.25) is 4.79 Å². The van der Waals surface area contributed by atoms with Gasteiger partial charge in [0.2, 0.25) is 0 Å². The molecule has 1 rings (SSSR count). The van der Waals surface area contributed by atoms with Gasteiger partial charge in [0.1, 0.15) is 11.6 Å². The highest BCUT2D eigenvalue weighted by Crippen LogP contribution is 2.29. The van der Waals surface area contributed by atoms with Crippen molar-refractivity contribution in [1.29, 1.82) is 0 Å². The largest absolute Gasteiger partial charge is 0.466 e. The molecule has 19 heavy (non-hydrogen) atoms. The van der Waals surface area contributed by atoms with Crippen LogP contribution < -0.4 is 4.74 Å². The Bertz CT molecular complexity index is 452. The molecule has 0 bridgehead atoms. The minimum Gasteiger partial charge on any atom is -0.466 e. The van der Waals surface area contributed by atoms with Gasteiger partial charge in [-0.25, -0.2) is 4.39 Å². The molecule has 1 aromatic carbocycles. The lowest BCUT2D eigenvalue weighted by molar-refractivity contribution is -0.142. The lowest BCUT2D eigenvalue weighted by Gasteiger charge is -2.14. The molecule has 0 fully saturated rings. The number of halogens is 4. The maximum atomic E-state index is 13.4.